The van der Waals surface area contributed by atoms with Crippen LogP contribution in [0.25, 0.3) is 11.1 Å². The van der Waals surface area contributed by atoms with E-state index >= 15 is 0 Å². The van der Waals surface area contributed by atoms with Crippen molar-refractivity contribution in [2.75, 3.05) is 0 Å². The summed E-state index contributed by atoms with van der Waals surface area (Å²) in [5.41, 5.74) is 1.60. The normalized spacial score (nSPS) is 10.3. The molecule has 0 fully saturated rings. The van der Waals surface area contributed by atoms with Crippen molar-refractivity contribution in [1.82, 2.24) is 0 Å². The van der Waals surface area contributed by atoms with Gasteiger partial charge in [0.2, 0.25) is 0 Å². The summed E-state index contributed by atoms with van der Waals surface area (Å²) in [7, 11) is 0. The molecule has 3 nitrogen and oxygen atoms in total. The lowest BCUT2D eigenvalue weighted by atomic mass is 9.97. The first-order valence-electron chi connectivity index (χ1n) is 5.31. The molecular weight excluding hydrogens is 235 g/mol. The van der Waals surface area contributed by atoms with Crippen molar-refractivity contribution in [3.05, 3.63) is 53.3 Å². The van der Waals surface area contributed by atoms with Crippen molar-refractivity contribution in [3.8, 4) is 16.9 Å². The van der Waals surface area contributed by atoms with Gasteiger partial charge in [-0.3, -0.25) is 0 Å². The molecule has 0 spiro atoms. The van der Waals surface area contributed by atoms with Gasteiger partial charge in [-0.15, -0.1) is 0 Å². The monoisotopic (exact) mass is 246 g/mol. The summed E-state index contributed by atoms with van der Waals surface area (Å²) in [5.74, 6) is -1.93. The van der Waals surface area contributed by atoms with E-state index in [1.807, 2.05) is 0 Å². The van der Waals surface area contributed by atoms with Gasteiger partial charge < -0.3 is 10.2 Å². The minimum absolute atomic E-state index is 0.0833. The van der Waals surface area contributed by atoms with Crippen LogP contribution in [0, 0.1) is 12.7 Å². The minimum Gasteiger partial charge on any atom is -0.508 e. The number of carboxylic acid groups (broad SMARTS) is 1. The van der Waals surface area contributed by atoms with E-state index in [2.05, 4.69) is 0 Å². The summed E-state index contributed by atoms with van der Waals surface area (Å²) in [5, 5.41) is 18.5. The maximum Gasteiger partial charge on any atom is 0.336 e. The number of carbonyl (C=O) groups is 1. The third kappa shape index (κ3) is 2.32. The Labute approximate surface area is 103 Å². The number of phenolic OH excluding ortho intramolecular Hbond substituents is 1. The fourth-order valence-electron chi connectivity index (χ4n) is 1.82. The second-order valence-corrected chi connectivity index (χ2v) is 4.05. The summed E-state index contributed by atoms with van der Waals surface area (Å²) in [6.45, 7) is 1.78. The highest BCUT2D eigenvalue weighted by Crippen LogP contribution is 2.28. The molecule has 0 aliphatic heterocycles. The fourth-order valence-corrected chi connectivity index (χ4v) is 1.82. The number of aromatic hydroxyl groups is 1. The standard InChI is InChI=1S/C14H11FO3/c1-8-2-3-12(13(4-8)14(17)18)9-5-10(15)7-11(16)6-9/h2-7,16H,1H3,(H,17,18). The number of aryl methyl sites for hydroxylation is 1. The lowest BCUT2D eigenvalue weighted by Crippen LogP contribution is -2.00. The molecule has 0 aromatic heterocycles. The number of aromatic carboxylic acids is 1. The SMILES string of the molecule is Cc1ccc(-c2cc(O)cc(F)c2)c(C(=O)O)c1. The highest BCUT2D eigenvalue weighted by atomic mass is 19.1. The maximum absolute atomic E-state index is 13.2. The molecule has 0 saturated carbocycles. The Morgan fingerprint density at radius 1 is 1.17 bits per heavy atom. The van der Waals surface area contributed by atoms with E-state index in [9.17, 15) is 14.3 Å². The maximum atomic E-state index is 13.2. The van der Waals surface area contributed by atoms with Gasteiger partial charge in [-0.2, -0.15) is 0 Å². The third-order valence-electron chi connectivity index (χ3n) is 2.60. The Kier molecular flexibility index (Phi) is 3.02. The Morgan fingerprint density at radius 2 is 1.89 bits per heavy atom. The number of carboxylic acids is 1. The van der Waals surface area contributed by atoms with Gasteiger partial charge in [0.25, 0.3) is 0 Å². The molecule has 0 saturated heterocycles. The lowest BCUT2D eigenvalue weighted by molar-refractivity contribution is 0.0697. The number of phenols is 1. The minimum atomic E-state index is -1.09. The van der Waals surface area contributed by atoms with Crippen LogP contribution < -0.4 is 0 Å². The van der Waals surface area contributed by atoms with Crippen molar-refractivity contribution in [2.24, 2.45) is 0 Å². The van der Waals surface area contributed by atoms with Gasteiger partial charge in [-0.05, 0) is 36.2 Å². The molecule has 2 N–H and O–H groups in total. The van der Waals surface area contributed by atoms with E-state index in [0.29, 0.717) is 11.1 Å². The van der Waals surface area contributed by atoms with Gasteiger partial charge in [0.05, 0.1) is 5.56 Å². The van der Waals surface area contributed by atoms with Gasteiger partial charge in [0, 0.05) is 6.07 Å². The van der Waals surface area contributed by atoms with Crippen LogP contribution in [0.3, 0.4) is 0 Å². The van der Waals surface area contributed by atoms with E-state index in [0.717, 1.165) is 11.6 Å². The van der Waals surface area contributed by atoms with Crippen molar-refractivity contribution in [3.63, 3.8) is 0 Å². The molecule has 4 heteroatoms. The number of benzene rings is 2. The summed E-state index contributed by atoms with van der Waals surface area (Å²) in [4.78, 5) is 11.2. The van der Waals surface area contributed by atoms with Gasteiger partial charge in [-0.25, -0.2) is 9.18 Å². The van der Waals surface area contributed by atoms with Crippen LogP contribution in [0.1, 0.15) is 15.9 Å². The number of hydrogen-bond donors (Lipinski definition) is 2. The topological polar surface area (TPSA) is 57.5 Å². The predicted octanol–water partition coefficient (Wildman–Crippen LogP) is 3.20. The van der Waals surface area contributed by atoms with Crippen LogP contribution in [0.4, 0.5) is 4.39 Å². The average molecular weight is 246 g/mol. The zero-order chi connectivity index (χ0) is 13.3. The Morgan fingerprint density at radius 3 is 2.50 bits per heavy atom. The zero-order valence-corrected chi connectivity index (χ0v) is 9.64. The molecular formula is C14H11FO3. The first-order chi connectivity index (χ1) is 8.47. The Balaban J connectivity index is 2.66. The van der Waals surface area contributed by atoms with Crippen LogP contribution in [0.15, 0.2) is 36.4 Å². The molecule has 0 aliphatic rings. The van der Waals surface area contributed by atoms with E-state index in [-0.39, 0.29) is 11.3 Å². The molecule has 0 amide bonds. The molecule has 0 aliphatic carbocycles. The van der Waals surface area contributed by atoms with Crippen LogP contribution in [0.2, 0.25) is 0 Å². The van der Waals surface area contributed by atoms with E-state index in [1.165, 1.54) is 18.2 Å². The van der Waals surface area contributed by atoms with E-state index in [4.69, 9.17) is 5.11 Å². The fraction of sp³-hybridized carbons (Fsp3) is 0.0714. The molecule has 0 atom stereocenters. The van der Waals surface area contributed by atoms with E-state index in [1.54, 1.807) is 19.1 Å². The molecule has 18 heavy (non-hydrogen) atoms. The molecule has 92 valence electrons. The van der Waals surface area contributed by atoms with Crippen LogP contribution in [-0.2, 0) is 0 Å². The molecule has 0 heterocycles. The molecule has 2 rings (SSSR count). The smallest absolute Gasteiger partial charge is 0.336 e. The largest absolute Gasteiger partial charge is 0.508 e. The molecule has 2 aromatic carbocycles. The number of halogens is 1. The number of rotatable bonds is 2. The second-order valence-electron chi connectivity index (χ2n) is 4.05. The van der Waals surface area contributed by atoms with Crippen molar-refractivity contribution < 1.29 is 19.4 Å². The summed E-state index contributed by atoms with van der Waals surface area (Å²) in [6, 6.07) is 8.35. The van der Waals surface area contributed by atoms with Gasteiger partial charge in [-0.1, -0.05) is 17.7 Å². The molecule has 2 aromatic rings. The molecule has 0 bridgehead atoms. The summed E-state index contributed by atoms with van der Waals surface area (Å²) >= 11 is 0. The van der Waals surface area contributed by atoms with Crippen LogP contribution in [0.5, 0.6) is 5.75 Å². The summed E-state index contributed by atoms with van der Waals surface area (Å²) < 4.78 is 13.2. The first-order valence-corrected chi connectivity index (χ1v) is 5.31. The Bertz CT molecular complexity index is 600. The van der Waals surface area contributed by atoms with Gasteiger partial charge in [0.1, 0.15) is 11.6 Å². The average Bonchev–Trinajstić information content (AvgIpc) is 2.27. The first kappa shape index (κ1) is 12.1. The predicted molar refractivity (Wildman–Crippen MR) is 65.2 cm³/mol. The van der Waals surface area contributed by atoms with Crippen molar-refractivity contribution >= 4 is 5.97 Å². The lowest BCUT2D eigenvalue weighted by Gasteiger charge is -2.08. The van der Waals surface area contributed by atoms with Crippen LogP contribution >= 0.6 is 0 Å². The van der Waals surface area contributed by atoms with E-state index < -0.39 is 11.8 Å². The van der Waals surface area contributed by atoms with Gasteiger partial charge in [0.15, 0.2) is 0 Å². The highest BCUT2D eigenvalue weighted by molar-refractivity contribution is 5.96. The number of hydrogen-bond acceptors (Lipinski definition) is 2. The third-order valence-corrected chi connectivity index (χ3v) is 2.60. The van der Waals surface area contributed by atoms with Crippen molar-refractivity contribution in [2.45, 2.75) is 6.92 Å². The van der Waals surface area contributed by atoms with Crippen molar-refractivity contribution in [1.29, 1.82) is 0 Å². The molecule has 0 unspecified atom stereocenters. The van der Waals surface area contributed by atoms with Gasteiger partial charge >= 0.3 is 5.97 Å². The van der Waals surface area contributed by atoms with Crippen LogP contribution in [-0.4, -0.2) is 16.2 Å². The second kappa shape index (κ2) is 4.49. The molecule has 0 radical (unpaired) electrons. The Hall–Kier alpha value is -2.36. The zero-order valence-electron chi connectivity index (χ0n) is 9.64. The highest BCUT2D eigenvalue weighted by Gasteiger charge is 2.13. The quantitative estimate of drug-likeness (QED) is 0.855. The summed E-state index contributed by atoms with van der Waals surface area (Å²) in [6.07, 6.45) is 0.